The molecule has 3 aromatic rings. The molecule has 0 atom stereocenters. The van der Waals surface area contributed by atoms with Crippen molar-refractivity contribution in [2.24, 2.45) is 0 Å². The van der Waals surface area contributed by atoms with E-state index in [-0.39, 0.29) is 0 Å². The van der Waals surface area contributed by atoms with Gasteiger partial charge < -0.3 is 15.1 Å². The van der Waals surface area contributed by atoms with E-state index in [4.69, 9.17) is 4.98 Å². The molecule has 1 aliphatic heterocycles. The summed E-state index contributed by atoms with van der Waals surface area (Å²) < 4.78 is 0. The van der Waals surface area contributed by atoms with Gasteiger partial charge in [-0.1, -0.05) is 24.3 Å². The number of para-hydroxylation sites is 1. The Morgan fingerprint density at radius 3 is 2.18 bits per heavy atom. The summed E-state index contributed by atoms with van der Waals surface area (Å²) in [5.74, 6) is 1.65. The molecule has 2 aromatic carbocycles. The predicted molar refractivity (Wildman–Crippen MR) is 117 cm³/mol. The van der Waals surface area contributed by atoms with Crippen molar-refractivity contribution in [3.05, 3.63) is 71.4 Å². The van der Waals surface area contributed by atoms with Gasteiger partial charge in [0.1, 0.15) is 5.82 Å². The summed E-state index contributed by atoms with van der Waals surface area (Å²) in [6, 6.07) is 19.0. The second-order valence-corrected chi connectivity index (χ2v) is 7.43. The van der Waals surface area contributed by atoms with Gasteiger partial charge in [-0.15, -0.1) is 0 Å². The van der Waals surface area contributed by atoms with Crippen molar-refractivity contribution in [1.82, 2.24) is 9.97 Å². The van der Waals surface area contributed by atoms with Gasteiger partial charge in [0, 0.05) is 49.3 Å². The lowest BCUT2D eigenvalue weighted by Crippen LogP contribution is -2.47. The van der Waals surface area contributed by atoms with Crippen LogP contribution in [-0.4, -0.2) is 36.1 Å². The van der Waals surface area contributed by atoms with Crippen LogP contribution in [0.2, 0.25) is 0 Å². The smallest absolute Gasteiger partial charge is 0.227 e. The Bertz CT molecular complexity index is 946. The monoisotopic (exact) mass is 373 g/mol. The number of aromatic nitrogens is 2. The largest absolute Gasteiger partial charge is 0.368 e. The van der Waals surface area contributed by atoms with Gasteiger partial charge in [0.05, 0.1) is 0 Å². The summed E-state index contributed by atoms with van der Waals surface area (Å²) in [6.45, 7) is 10.1. The van der Waals surface area contributed by atoms with Gasteiger partial charge in [0.25, 0.3) is 0 Å². The zero-order valence-corrected chi connectivity index (χ0v) is 16.8. The van der Waals surface area contributed by atoms with E-state index in [1.165, 1.54) is 16.8 Å². The van der Waals surface area contributed by atoms with Crippen LogP contribution in [0, 0.1) is 20.8 Å². The first-order valence-electron chi connectivity index (χ1n) is 9.83. The van der Waals surface area contributed by atoms with E-state index in [0.29, 0.717) is 0 Å². The number of anilines is 4. The molecular weight excluding hydrogens is 346 g/mol. The quantitative estimate of drug-likeness (QED) is 0.731. The van der Waals surface area contributed by atoms with E-state index in [1.807, 2.05) is 13.0 Å². The Labute approximate surface area is 167 Å². The third-order valence-electron chi connectivity index (χ3n) is 5.31. The number of nitrogens with zero attached hydrogens (tertiary/aromatic N) is 4. The second-order valence-electron chi connectivity index (χ2n) is 7.43. The SMILES string of the molecule is Cc1cc(Nc2ccc(C)c(C)c2)nc(N2CCN(c3ccccc3)CC2)n1. The molecule has 5 nitrogen and oxygen atoms in total. The van der Waals surface area contributed by atoms with Gasteiger partial charge >= 0.3 is 0 Å². The molecule has 0 unspecified atom stereocenters. The maximum atomic E-state index is 4.79. The number of piperazine rings is 1. The van der Waals surface area contributed by atoms with Crippen LogP contribution in [0.25, 0.3) is 0 Å². The summed E-state index contributed by atoms with van der Waals surface area (Å²) in [5.41, 5.74) is 5.88. The lowest BCUT2D eigenvalue weighted by atomic mass is 10.1. The van der Waals surface area contributed by atoms with Gasteiger partial charge in [0.15, 0.2) is 0 Å². The molecule has 1 saturated heterocycles. The van der Waals surface area contributed by atoms with Crippen molar-refractivity contribution in [1.29, 1.82) is 0 Å². The third kappa shape index (κ3) is 4.09. The standard InChI is InChI=1S/C23H27N5/c1-17-9-10-20(15-18(17)2)25-22-16-19(3)24-23(26-22)28-13-11-27(12-14-28)21-7-5-4-6-8-21/h4-10,15-16H,11-14H2,1-3H3,(H,24,25,26). The van der Waals surface area contributed by atoms with Gasteiger partial charge in [-0.2, -0.15) is 4.98 Å². The molecule has 0 spiro atoms. The van der Waals surface area contributed by atoms with Crippen LogP contribution in [0.3, 0.4) is 0 Å². The van der Waals surface area contributed by atoms with Crippen molar-refractivity contribution >= 4 is 23.1 Å². The highest BCUT2D eigenvalue weighted by Gasteiger charge is 2.20. The molecule has 1 aromatic heterocycles. The third-order valence-corrected chi connectivity index (χ3v) is 5.31. The Kier molecular flexibility index (Phi) is 5.15. The molecule has 1 N–H and O–H groups in total. The fourth-order valence-corrected chi connectivity index (χ4v) is 3.53. The van der Waals surface area contributed by atoms with Crippen LogP contribution in [0.1, 0.15) is 16.8 Å². The number of aryl methyl sites for hydroxylation is 3. The number of rotatable bonds is 4. The molecule has 0 bridgehead atoms. The van der Waals surface area contributed by atoms with E-state index in [0.717, 1.165) is 49.3 Å². The minimum Gasteiger partial charge on any atom is -0.368 e. The van der Waals surface area contributed by atoms with Gasteiger partial charge in [-0.25, -0.2) is 4.98 Å². The molecule has 0 aliphatic carbocycles. The number of benzene rings is 2. The highest BCUT2D eigenvalue weighted by atomic mass is 15.3. The second kappa shape index (κ2) is 7.89. The molecule has 5 heteroatoms. The predicted octanol–water partition coefficient (Wildman–Crippen LogP) is 4.47. The van der Waals surface area contributed by atoms with Crippen LogP contribution < -0.4 is 15.1 Å². The van der Waals surface area contributed by atoms with Gasteiger partial charge in [-0.3, -0.25) is 0 Å². The number of hydrogen-bond acceptors (Lipinski definition) is 5. The zero-order valence-electron chi connectivity index (χ0n) is 16.8. The highest BCUT2D eigenvalue weighted by molar-refractivity contribution is 5.59. The Morgan fingerprint density at radius 1 is 0.750 bits per heavy atom. The minimum atomic E-state index is 0.805. The van der Waals surface area contributed by atoms with Gasteiger partial charge in [0.2, 0.25) is 5.95 Å². The van der Waals surface area contributed by atoms with Crippen LogP contribution in [0.4, 0.5) is 23.1 Å². The average Bonchev–Trinajstić information content (AvgIpc) is 2.71. The molecule has 28 heavy (non-hydrogen) atoms. The molecular formula is C23H27N5. The molecule has 1 aliphatic rings. The maximum absolute atomic E-state index is 4.79. The molecule has 0 amide bonds. The van der Waals surface area contributed by atoms with Crippen molar-refractivity contribution in [3.63, 3.8) is 0 Å². The number of nitrogens with one attached hydrogen (secondary N) is 1. The normalized spacial score (nSPS) is 14.2. The van der Waals surface area contributed by atoms with Crippen molar-refractivity contribution < 1.29 is 0 Å². The fraction of sp³-hybridized carbons (Fsp3) is 0.304. The van der Waals surface area contributed by atoms with Crippen LogP contribution >= 0.6 is 0 Å². The molecule has 0 saturated carbocycles. The van der Waals surface area contributed by atoms with Crippen LogP contribution in [0.15, 0.2) is 54.6 Å². The van der Waals surface area contributed by atoms with Gasteiger partial charge in [-0.05, 0) is 56.2 Å². The molecule has 2 heterocycles. The highest BCUT2D eigenvalue weighted by Crippen LogP contribution is 2.22. The van der Waals surface area contributed by atoms with E-state index < -0.39 is 0 Å². The topological polar surface area (TPSA) is 44.3 Å². The zero-order chi connectivity index (χ0) is 19.5. The molecule has 4 rings (SSSR count). The first-order chi connectivity index (χ1) is 13.6. The molecule has 0 radical (unpaired) electrons. The first kappa shape index (κ1) is 18.3. The molecule has 1 fully saturated rings. The lowest BCUT2D eigenvalue weighted by molar-refractivity contribution is 0.639. The summed E-state index contributed by atoms with van der Waals surface area (Å²) in [7, 11) is 0. The first-order valence-corrected chi connectivity index (χ1v) is 9.83. The molecule has 144 valence electrons. The summed E-state index contributed by atoms with van der Waals surface area (Å²) in [6.07, 6.45) is 0. The van der Waals surface area contributed by atoms with E-state index in [2.05, 4.69) is 82.5 Å². The van der Waals surface area contributed by atoms with Crippen LogP contribution in [-0.2, 0) is 0 Å². The Hall–Kier alpha value is -3.08. The summed E-state index contributed by atoms with van der Waals surface area (Å²) in [5, 5.41) is 3.44. The lowest BCUT2D eigenvalue weighted by Gasteiger charge is -2.36. The van der Waals surface area contributed by atoms with Crippen molar-refractivity contribution in [2.75, 3.05) is 41.3 Å². The Balaban J connectivity index is 1.47. The van der Waals surface area contributed by atoms with E-state index >= 15 is 0 Å². The Morgan fingerprint density at radius 2 is 1.46 bits per heavy atom. The summed E-state index contributed by atoms with van der Waals surface area (Å²) in [4.78, 5) is 14.2. The van der Waals surface area contributed by atoms with Crippen molar-refractivity contribution in [3.8, 4) is 0 Å². The maximum Gasteiger partial charge on any atom is 0.227 e. The fourth-order valence-electron chi connectivity index (χ4n) is 3.53. The summed E-state index contributed by atoms with van der Waals surface area (Å²) >= 11 is 0. The van der Waals surface area contributed by atoms with Crippen molar-refractivity contribution in [2.45, 2.75) is 20.8 Å². The minimum absolute atomic E-state index is 0.805. The number of hydrogen-bond donors (Lipinski definition) is 1. The van der Waals surface area contributed by atoms with E-state index in [9.17, 15) is 0 Å². The van der Waals surface area contributed by atoms with E-state index in [1.54, 1.807) is 0 Å². The van der Waals surface area contributed by atoms with Crippen LogP contribution in [0.5, 0.6) is 0 Å². The average molecular weight is 374 g/mol.